The molecule has 0 heterocycles. The van der Waals surface area contributed by atoms with Gasteiger partial charge in [-0.15, -0.1) is 0 Å². The number of carbonyl (C=O) groups excluding carboxylic acids is 2. The molecule has 6 heteroatoms. The maximum atomic E-state index is 12.2. The molecule has 0 fully saturated rings. The lowest BCUT2D eigenvalue weighted by atomic mass is 10.0. The summed E-state index contributed by atoms with van der Waals surface area (Å²) < 4.78 is 4.87. The highest BCUT2D eigenvalue weighted by molar-refractivity contribution is 5.94. The lowest BCUT2D eigenvalue weighted by Crippen LogP contribution is -2.36. The van der Waals surface area contributed by atoms with E-state index in [1.165, 1.54) is 5.56 Å². The Morgan fingerprint density at radius 3 is 2.21 bits per heavy atom. The SMILES string of the molecule is CCc1ccc(-c2ccc(C(=O)NCCN(O)C(=O)CCCOC)cc2)cc1. The summed E-state index contributed by atoms with van der Waals surface area (Å²) in [6.07, 6.45) is 1.76. The molecule has 0 bridgehead atoms. The molecule has 2 amide bonds. The van der Waals surface area contributed by atoms with Crippen LogP contribution in [-0.4, -0.2) is 48.9 Å². The molecule has 0 saturated heterocycles. The summed E-state index contributed by atoms with van der Waals surface area (Å²) in [5.74, 6) is -0.627. The van der Waals surface area contributed by atoms with Crippen LogP contribution in [0.25, 0.3) is 11.1 Å². The van der Waals surface area contributed by atoms with E-state index in [1.54, 1.807) is 19.2 Å². The quantitative estimate of drug-likeness (QED) is 0.374. The molecule has 0 saturated carbocycles. The Kier molecular flexibility index (Phi) is 8.65. The molecule has 2 N–H and O–H groups in total. The number of methoxy groups -OCH3 is 1. The van der Waals surface area contributed by atoms with E-state index in [9.17, 15) is 14.8 Å². The van der Waals surface area contributed by atoms with E-state index >= 15 is 0 Å². The van der Waals surface area contributed by atoms with Crippen molar-refractivity contribution >= 4 is 11.8 Å². The Bertz CT molecular complexity index is 757. The molecule has 28 heavy (non-hydrogen) atoms. The van der Waals surface area contributed by atoms with Gasteiger partial charge in [0.1, 0.15) is 0 Å². The Morgan fingerprint density at radius 2 is 1.64 bits per heavy atom. The van der Waals surface area contributed by atoms with E-state index < -0.39 is 0 Å². The standard InChI is InChI=1S/C22H28N2O4/c1-3-17-6-8-18(9-7-17)19-10-12-20(13-11-19)22(26)23-14-15-24(27)21(25)5-4-16-28-2/h6-13,27H,3-5,14-16H2,1-2H3,(H,23,26). The number of carbonyl (C=O) groups is 2. The highest BCUT2D eigenvalue weighted by Crippen LogP contribution is 2.20. The van der Waals surface area contributed by atoms with Crippen LogP contribution in [0.2, 0.25) is 0 Å². The van der Waals surface area contributed by atoms with Crippen molar-refractivity contribution in [3.8, 4) is 11.1 Å². The Labute approximate surface area is 166 Å². The van der Waals surface area contributed by atoms with Crippen LogP contribution in [0, 0.1) is 0 Å². The van der Waals surface area contributed by atoms with Crippen LogP contribution in [0.4, 0.5) is 0 Å². The predicted molar refractivity (Wildman–Crippen MR) is 108 cm³/mol. The molecule has 0 aliphatic heterocycles. The predicted octanol–water partition coefficient (Wildman–Crippen LogP) is 3.29. The highest BCUT2D eigenvalue weighted by atomic mass is 16.5. The first-order chi connectivity index (χ1) is 13.5. The molecule has 0 radical (unpaired) electrons. The Morgan fingerprint density at radius 1 is 1.04 bits per heavy atom. The molecule has 0 aliphatic carbocycles. The van der Waals surface area contributed by atoms with Gasteiger partial charge in [-0.3, -0.25) is 14.8 Å². The molecule has 2 rings (SSSR count). The fraction of sp³-hybridized carbons (Fsp3) is 0.364. The maximum absolute atomic E-state index is 12.2. The van der Waals surface area contributed by atoms with Crippen molar-refractivity contribution < 1.29 is 19.5 Å². The molecule has 0 aromatic heterocycles. The molecule has 0 spiro atoms. The zero-order chi connectivity index (χ0) is 20.4. The third kappa shape index (κ3) is 6.48. The van der Waals surface area contributed by atoms with Crippen molar-refractivity contribution in [3.63, 3.8) is 0 Å². The van der Waals surface area contributed by atoms with E-state index in [-0.39, 0.29) is 31.3 Å². The molecule has 150 valence electrons. The number of ether oxygens (including phenoxy) is 1. The van der Waals surface area contributed by atoms with Crippen molar-refractivity contribution in [2.75, 3.05) is 26.8 Å². The molecule has 0 atom stereocenters. The third-order valence-corrected chi connectivity index (χ3v) is 4.48. The second kappa shape index (κ2) is 11.2. The summed E-state index contributed by atoms with van der Waals surface area (Å²) >= 11 is 0. The van der Waals surface area contributed by atoms with E-state index in [4.69, 9.17) is 4.74 Å². The van der Waals surface area contributed by atoms with Crippen molar-refractivity contribution in [1.29, 1.82) is 0 Å². The second-order valence-corrected chi connectivity index (χ2v) is 6.50. The van der Waals surface area contributed by atoms with Gasteiger partial charge < -0.3 is 10.1 Å². The molecule has 2 aromatic rings. The molecule has 0 aliphatic rings. The molecule has 6 nitrogen and oxygen atoms in total. The number of hydroxylamine groups is 2. The van der Waals surface area contributed by atoms with Gasteiger partial charge in [0, 0.05) is 32.2 Å². The van der Waals surface area contributed by atoms with Crippen molar-refractivity contribution in [2.24, 2.45) is 0 Å². The average molecular weight is 384 g/mol. The summed E-state index contributed by atoms with van der Waals surface area (Å²) in [5, 5.41) is 13.0. The van der Waals surface area contributed by atoms with Gasteiger partial charge in [0.25, 0.3) is 5.91 Å². The smallest absolute Gasteiger partial charge is 0.251 e. The first-order valence-corrected chi connectivity index (χ1v) is 9.51. The van der Waals surface area contributed by atoms with E-state index in [0.29, 0.717) is 23.7 Å². The summed E-state index contributed by atoms with van der Waals surface area (Å²) in [6, 6.07) is 15.7. The van der Waals surface area contributed by atoms with Gasteiger partial charge in [-0.25, -0.2) is 5.06 Å². The molecule has 0 unspecified atom stereocenters. The normalized spacial score (nSPS) is 10.5. The number of hydrogen-bond acceptors (Lipinski definition) is 4. The van der Waals surface area contributed by atoms with Gasteiger partial charge in [-0.05, 0) is 41.7 Å². The van der Waals surface area contributed by atoms with Crippen LogP contribution >= 0.6 is 0 Å². The van der Waals surface area contributed by atoms with Gasteiger partial charge >= 0.3 is 0 Å². The van der Waals surface area contributed by atoms with Crippen molar-refractivity contribution in [2.45, 2.75) is 26.2 Å². The third-order valence-electron chi connectivity index (χ3n) is 4.48. The van der Waals surface area contributed by atoms with Crippen LogP contribution in [0.15, 0.2) is 48.5 Å². The number of benzene rings is 2. The molecule has 2 aromatic carbocycles. The number of hydrogen-bond donors (Lipinski definition) is 2. The minimum absolute atomic E-state index is 0.0411. The minimum Gasteiger partial charge on any atom is -0.385 e. The zero-order valence-corrected chi connectivity index (χ0v) is 16.5. The molecular formula is C22H28N2O4. The summed E-state index contributed by atoms with van der Waals surface area (Å²) in [6.45, 7) is 2.80. The average Bonchev–Trinajstić information content (AvgIpc) is 2.73. The Balaban J connectivity index is 1.81. The largest absolute Gasteiger partial charge is 0.385 e. The van der Waals surface area contributed by atoms with Crippen LogP contribution in [-0.2, 0) is 16.0 Å². The van der Waals surface area contributed by atoms with Gasteiger partial charge in [-0.2, -0.15) is 0 Å². The number of nitrogens with zero attached hydrogens (tertiary/aromatic N) is 1. The van der Waals surface area contributed by atoms with E-state index in [2.05, 4.69) is 36.5 Å². The maximum Gasteiger partial charge on any atom is 0.251 e. The van der Waals surface area contributed by atoms with Crippen LogP contribution in [0.3, 0.4) is 0 Å². The van der Waals surface area contributed by atoms with Crippen LogP contribution < -0.4 is 5.32 Å². The fourth-order valence-corrected chi connectivity index (χ4v) is 2.75. The first-order valence-electron chi connectivity index (χ1n) is 9.51. The van der Waals surface area contributed by atoms with Gasteiger partial charge in [-0.1, -0.05) is 43.3 Å². The van der Waals surface area contributed by atoms with E-state index in [1.807, 2.05) is 12.1 Å². The lowest BCUT2D eigenvalue weighted by molar-refractivity contribution is -0.165. The number of nitrogens with one attached hydrogen (secondary N) is 1. The zero-order valence-electron chi connectivity index (χ0n) is 16.5. The second-order valence-electron chi connectivity index (χ2n) is 6.50. The van der Waals surface area contributed by atoms with Crippen LogP contribution in [0.5, 0.6) is 0 Å². The summed E-state index contributed by atoms with van der Waals surface area (Å²) in [5.41, 5.74) is 3.97. The summed E-state index contributed by atoms with van der Waals surface area (Å²) in [4.78, 5) is 23.9. The van der Waals surface area contributed by atoms with Gasteiger partial charge in [0.2, 0.25) is 5.91 Å². The van der Waals surface area contributed by atoms with Crippen LogP contribution in [0.1, 0.15) is 35.7 Å². The molecular weight excluding hydrogens is 356 g/mol. The lowest BCUT2D eigenvalue weighted by Gasteiger charge is -2.15. The van der Waals surface area contributed by atoms with Gasteiger partial charge in [0.05, 0.1) is 6.54 Å². The highest BCUT2D eigenvalue weighted by Gasteiger charge is 2.11. The minimum atomic E-state index is -0.384. The fourth-order valence-electron chi connectivity index (χ4n) is 2.75. The summed E-state index contributed by atoms with van der Waals surface area (Å²) in [7, 11) is 1.56. The first kappa shape index (κ1) is 21.6. The monoisotopic (exact) mass is 384 g/mol. The Hall–Kier alpha value is -2.70. The topological polar surface area (TPSA) is 78.9 Å². The number of rotatable bonds is 10. The van der Waals surface area contributed by atoms with Crippen molar-refractivity contribution in [3.05, 3.63) is 59.7 Å². The number of amides is 2. The van der Waals surface area contributed by atoms with Gasteiger partial charge in [0.15, 0.2) is 0 Å². The van der Waals surface area contributed by atoms with E-state index in [0.717, 1.165) is 17.5 Å². The number of aryl methyl sites for hydroxylation is 1. The van der Waals surface area contributed by atoms with Crippen molar-refractivity contribution in [1.82, 2.24) is 10.4 Å².